The van der Waals surface area contributed by atoms with Crippen molar-refractivity contribution in [2.24, 2.45) is 0 Å². The number of carbonyl (C=O) groups excluding carboxylic acids is 1. The lowest BCUT2D eigenvalue weighted by molar-refractivity contribution is -0.132. The Kier molecular flexibility index (Phi) is 8.43. The van der Waals surface area contributed by atoms with E-state index < -0.39 is 10.0 Å². The molecule has 146 valence electrons. The van der Waals surface area contributed by atoms with Crippen LogP contribution in [0.3, 0.4) is 0 Å². The fourth-order valence-electron chi connectivity index (χ4n) is 2.44. The van der Waals surface area contributed by atoms with Crippen LogP contribution in [0, 0.1) is 0 Å². The Morgan fingerprint density at radius 1 is 1.11 bits per heavy atom. The average Bonchev–Trinajstić information content (AvgIpc) is 2.66. The summed E-state index contributed by atoms with van der Waals surface area (Å²) in [5, 5.41) is 0. The fourth-order valence-corrected chi connectivity index (χ4v) is 3.74. The summed E-state index contributed by atoms with van der Waals surface area (Å²) >= 11 is 3.27. The summed E-state index contributed by atoms with van der Waals surface area (Å²) in [6.45, 7) is 1.37. The van der Waals surface area contributed by atoms with Gasteiger partial charge in [-0.15, -0.1) is 0 Å². The molecule has 0 aromatic heterocycles. The van der Waals surface area contributed by atoms with Crippen molar-refractivity contribution in [2.45, 2.75) is 17.9 Å². The molecule has 0 saturated carbocycles. The van der Waals surface area contributed by atoms with Gasteiger partial charge in [0.1, 0.15) is 0 Å². The first-order valence-corrected chi connectivity index (χ1v) is 10.8. The lowest BCUT2D eigenvalue weighted by Crippen LogP contribution is -2.36. The van der Waals surface area contributed by atoms with Crippen LogP contribution in [0.5, 0.6) is 0 Å². The van der Waals surface area contributed by atoms with Crippen LogP contribution in [0.1, 0.15) is 12.0 Å². The second-order valence-electron chi connectivity index (χ2n) is 5.90. The molecule has 0 aliphatic rings. The molecule has 8 heteroatoms. The standard InChI is InChI=1S/C19H23BrN2O4S/c1-26-14-13-22(15-16-5-3-2-4-6-16)19(23)11-12-21-27(24,25)18-9-7-17(20)8-10-18/h2-10,21H,11-15H2,1H3. The number of benzene rings is 2. The van der Waals surface area contributed by atoms with E-state index in [4.69, 9.17) is 4.74 Å². The Hall–Kier alpha value is -1.74. The second-order valence-corrected chi connectivity index (χ2v) is 8.58. The number of carbonyl (C=O) groups is 1. The number of rotatable bonds is 10. The minimum Gasteiger partial charge on any atom is -0.383 e. The Morgan fingerprint density at radius 3 is 2.41 bits per heavy atom. The molecule has 0 atom stereocenters. The molecule has 0 spiro atoms. The van der Waals surface area contributed by atoms with Gasteiger partial charge < -0.3 is 9.64 Å². The van der Waals surface area contributed by atoms with Gasteiger partial charge in [-0.25, -0.2) is 13.1 Å². The summed E-state index contributed by atoms with van der Waals surface area (Å²) in [4.78, 5) is 14.4. The van der Waals surface area contributed by atoms with Crippen molar-refractivity contribution in [3.63, 3.8) is 0 Å². The third kappa shape index (κ3) is 7.06. The summed E-state index contributed by atoms with van der Waals surface area (Å²) < 4.78 is 32.9. The number of hydrogen-bond acceptors (Lipinski definition) is 4. The molecule has 0 heterocycles. The summed E-state index contributed by atoms with van der Waals surface area (Å²) in [6, 6.07) is 16.0. The quantitative estimate of drug-likeness (QED) is 0.598. The molecule has 2 aromatic rings. The maximum absolute atomic E-state index is 12.5. The summed E-state index contributed by atoms with van der Waals surface area (Å²) in [5.41, 5.74) is 1.01. The molecule has 1 N–H and O–H groups in total. The van der Waals surface area contributed by atoms with Crippen molar-refractivity contribution < 1.29 is 17.9 Å². The van der Waals surface area contributed by atoms with Crippen LogP contribution in [0.15, 0.2) is 64.0 Å². The smallest absolute Gasteiger partial charge is 0.240 e. The van der Waals surface area contributed by atoms with Gasteiger partial charge in [0.25, 0.3) is 0 Å². The molecule has 1 amide bonds. The Morgan fingerprint density at radius 2 is 1.78 bits per heavy atom. The van der Waals surface area contributed by atoms with E-state index in [0.29, 0.717) is 19.7 Å². The highest BCUT2D eigenvalue weighted by Gasteiger charge is 2.17. The van der Waals surface area contributed by atoms with Gasteiger partial charge in [-0.1, -0.05) is 46.3 Å². The van der Waals surface area contributed by atoms with Crippen molar-refractivity contribution in [1.29, 1.82) is 0 Å². The molecule has 0 aliphatic carbocycles. The molecule has 0 bridgehead atoms. The highest BCUT2D eigenvalue weighted by molar-refractivity contribution is 9.10. The highest BCUT2D eigenvalue weighted by atomic mass is 79.9. The lowest BCUT2D eigenvalue weighted by Gasteiger charge is -2.22. The zero-order chi connectivity index (χ0) is 19.7. The SMILES string of the molecule is COCCN(Cc1ccccc1)C(=O)CCNS(=O)(=O)c1ccc(Br)cc1. The van der Waals surface area contributed by atoms with E-state index in [1.807, 2.05) is 30.3 Å². The van der Waals surface area contributed by atoms with Gasteiger partial charge >= 0.3 is 0 Å². The van der Waals surface area contributed by atoms with Crippen LogP contribution < -0.4 is 4.72 Å². The minimum absolute atomic E-state index is 0.0372. The topological polar surface area (TPSA) is 75.7 Å². The minimum atomic E-state index is -3.64. The van der Waals surface area contributed by atoms with Crippen molar-refractivity contribution in [3.8, 4) is 0 Å². The first-order valence-electron chi connectivity index (χ1n) is 8.48. The fraction of sp³-hybridized carbons (Fsp3) is 0.316. The lowest BCUT2D eigenvalue weighted by atomic mass is 10.2. The Bertz CT molecular complexity index is 827. The molecule has 0 aliphatic heterocycles. The van der Waals surface area contributed by atoms with E-state index in [9.17, 15) is 13.2 Å². The van der Waals surface area contributed by atoms with E-state index in [-0.39, 0.29) is 23.8 Å². The number of methoxy groups -OCH3 is 1. The summed E-state index contributed by atoms with van der Waals surface area (Å²) in [6.07, 6.45) is 0.0757. The van der Waals surface area contributed by atoms with Crippen LogP contribution in [-0.4, -0.2) is 46.0 Å². The zero-order valence-electron chi connectivity index (χ0n) is 15.1. The molecule has 0 fully saturated rings. The van der Waals surface area contributed by atoms with Crippen LogP contribution in [0.25, 0.3) is 0 Å². The Balaban J connectivity index is 1.93. The van der Waals surface area contributed by atoms with Gasteiger partial charge in [0, 0.05) is 37.6 Å². The highest BCUT2D eigenvalue weighted by Crippen LogP contribution is 2.14. The van der Waals surface area contributed by atoms with E-state index in [1.54, 1.807) is 24.1 Å². The third-order valence-electron chi connectivity index (χ3n) is 3.89. The maximum atomic E-state index is 12.5. The van der Waals surface area contributed by atoms with E-state index in [0.717, 1.165) is 10.0 Å². The summed E-state index contributed by atoms with van der Waals surface area (Å²) in [5.74, 6) is -0.130. The van der Waals surface area contributed by atoms with E-state index in [1.165, 1.54) is 12.1 Å². The normalized spacial score (nSPS) is 11.3. The number of ether oxygens (including phenoxy) is 1. The molecule has 0 radical (unpaired) electrons. The molecular weight excluding hydrogens is 432 g/mol. The zero-order valence-corrected chi connectivity index (χ0v) is 17.5. The number of nitrogens with one attached hydrogen (secondary N) is 1. The predicted molar refractivity (Wildman–Crippen MR) is 108 cm³/mol. The first-order chi connectivity index (χ1) is 12.9. The average molecular weight is 455 g/mol. The van der Waals surface area contributed by atoms with E-state index >= 15 is 0 Å². The number of sulfonamides is 1. The predicted octanol–water partition coefficient (Wildman–Crippen LogP) is 2.79. The second kappa shape index (κ2) is 10.6. The Labute approximate surface area is 168 Å². The van der Waals surface area contributed by atoms with Gasteiger partial charge in [0.15, 0.2) is 0 Å². The first kappa shape index (κ1) is 21.6. The number of halogens is 1. The van der Waals surface area contributed by atoms with E-state index in [2.05, 4.69) is 20.7 Å². The van der Waals surface area contributed by atoms with Gasteiger partial charge in [-0.05, 0) is 29.8 Å². The van der Waals surface area contributed by atoms with Crippen molar-refractivity contribution in [3.05, 3.63) is 64.6 Å². The number of hydrogen-bond donors (Lipinski definition) is 1. The molecule has 6 nitrogen and oxygen atoms in total. The number of nitrogens with zero attached hydrogens (tertiary/aromatic N) is 1. The van der Waals surface area contributed by atoms with Crippen molar-refractivity contribution in [1.82, 2.24) is 9.62 Å². The molecular formula is C19H23BrN2O4S. The molecule has 0 unspecified atom stereocenters. The summed E-state index contributed by atoms with van der Waals surface area (Å²) in [7, 11) is -2.06. The maximum Gasteiger partial charge on any atom is 0.240 e. The number of amides is 1. The van der Waals surface area contributed by atoms with Gasteiger partial charge in [0.05, 0.1) is 11.5 Å². The van der Waals surface area contributed by atoms with Crippen LogP contribution >= 0.6 is 15.9 Å². The molecule has 27 heavy (non-hydrogen) atoms. The van der Waals surface area contributed by atoms with Crippen LogP contribution in [-0.2, 0) is 26.1 Å². The van der Waals surface area contributed by atoms with Crippen molar-refractivity contribution >= 4 is 31.9 Å². The monoisotopic (exact) mass is 454 g/mol. The van der Waals surface area contributed by atoms with Gasteiger partial charge in [0.2, 0.25) is 15.9 Å². The molecule has 0 saturated heterocycles. The largest absolute Gasteiger partial charge is 0.383 e. The molecule has 2 aromatic carbocycles. The molecule has 2 rings (SSSR count). The van der Waals surface area contributed by atoms with Crippen molar-refractivity contribution in [2.75, 3.05) is 26.8 Å². The van der Waals surface area contributed by atoms with Crippen LogP contribution in [0.4, 0.5) is 0 Å². The van der Waals surface area contributed by atoms with Gasteiger partial charge in [-0.2, -0.15) is 0 Å². The van der Waals surface area contributed by atoms with Gasteiger partial charge in [-0.3, -0.25) is 4.79 Å². The van der Waals surface area contributed by atoms with Crippen LogP contribution in [0.2, 0.25) is 0 Å². The third-order valence-corrected chi connectivity index (χ3v) is 5.89.